The molecule has 0 aliphatic carbocycles. The monoisotopic (exact) mass is 165 g/mol. The molecule has 0 saturated heterocycles. The number of nitrogens with zero attached hydrogens (tertiary/aromatic N) is 1. The van der Waals surface area contributed by atoms with Crippen molar-refractivity contribution in [3.05, 3.63) is 23.4 Å². The van der Waals surface area contributed by atoms with Gasteiger partial charge in [-0.3, -0.25) is 9.78 Å². The van der Waals surface area contributed by atoms with Crippen LogP contribution in [0, 0.1) is 6.92 Å². The van der Waals surface area contributed by atoms with E-state index >= 15 is 0 Å². The van der Waals surface area contributed by atoms with Crippen LogP contribution in [0.25, 0.3) is 0 Å². The van der Waals surface area contributed by atoms with Crippen LogP contribution in [0.1, 0.15) is 16.1 Å². The number of carbonyl (C=O) groups is 1. The molecule has 1 heterocycles. The van der Waals surface area contributed by atoms with E-state index in [4.69, 9.17) is 10.0 Å². The van der Waals surface area contributed by atoms with Crippen LogP contribution in [0.3, 0.4) is 0 Å². The molecule has 0 aliphatic rings. The molecule has 0 aromatic carbocycles. The largest absolute Gasteiger partial charge is 0.508 e. The van der Waals surface area contributed by atoms with Crippen molar-refractivity contribution in [3.63, 3.8) is 0 Å². The molecule has 4 nitrogen and oxygen atoms in total. The lowest BCUT2D eigenvalue weighted by Gasteiger charge is -2.00. The Kier molecular flexibility index (Phi) is 2.57. The summed E-state index contributed by atoms with van der Waals surface area (Å²) in [5, 5.41) is 17.4. The van der Waals surface area contributed by atoms with Crippen molar-refractivity contribution >= 4 is 19.0 Å². The van der Waals surface area contributed by atoms with E-state index in [9.17, 15) is 4.79 Å². The first-order chi connectivity index (χ1) is 5.65. The summed E-state index contributed by atoms with van der Waals surface area (Å²) in [6.07, 6.45) is 0.585. The quantitative estimate of drug-likeness (QED) is 0.430. The average molecular weight is 165 g/mol. The molecule has 0 unspecified atom stereocenters. The molecule has 0 spiro atoms. The van der Waals surface area contributed by atoms with Gasteiger partial charge in [0.25, 0.3) is 0 Å². The molecule has 0 aliphatic heterocycles. The van der Waals surface area contributed by atoms with Gasteiger partial charge in [-0.25, -0.2) is 0 Å². The van der Waals surface area contributed by atoms with E-state index in [0.717, 1.165) is 5.56 Å². The Bertz CT molecular complexity index is 301. The summed E-state index contributed by atoms with van der Waals surface area (Å²) >= 11 is 0. The fraction of sp³-hybridized carbons (Fsp3) is 0.143. The molecule has 62 valence electrons. The van der Waals surface area contributed by atoms with Crippen molar-refractivity contribution < 1.29 is 14.8 Å². The Morgan fingerprint density at radius 1 is 1.50 bits per heavy atom. The zero-order chi connectivity index (χ0) is 9.14. The highest BCUT2D eigenvalue weighted by molar-refractivity contribution is 6.57. The summed E-state index contributed by atoms with van der Waals surface area (Å²) in [4.78, 5) is 14.1. The number of pyridine rings is 1. The highest BCUT2D eigenvalue weighted by Gasteiger charge is 2.13. The third-order valence-corrected chi connectivity index (χ3v) is 1.53. The molecule has 5 heteroatoms. The molecular weight excluding hydrogens is 157 g/mol. The number of aromatic nitrogens is 1. The summed E-state index contributed by atoms with van der Waals surface area (Å²) in [6.45, 7) is 1.73. The Balaban J connectivity index is 3.13. The topological polar surface area (TPSA) is 70.4 Å². The predicted octanol–water partition coefficient (Wildman–Crippen LogP) is -1.12. The summed E-state index contributed by atoms with van der Waals surface area (Å²) in [7, 11) is -1.62. The molecule has 0 radical (unpaired) electrons. The van der Waals surface area contributed by atoms with Gasteiger partial charge in [0.1, 0.15) is 5.69 Å². The van der Waals surface area contributed by atoms with Crippen molar-refractivity contribution in [2.24, 2.45) is 0 Å². The SMILES string of the molecule is Cc1ccc(B(O)O)nc1C=O. The molecule has 1 aromatic rings. The Morgan fingerprint density at radius 3 is 2.67 bits per heavy atom. The fourth-order valence-electron chi connectivity index (χ4n) is 0.823. The maximum absolute atomic E-state index is 10.4. The van der Waals surface area contributed by atoms with Crippen molar-refractivity contribution in [1.29, 1.82) is 0 Å². The minimum absolute atomic E-state index is 0.0858. The number of carbonyl (C=O) groups excluding carboxylic acids is 1. The van der Waals surface area contributed by atoms with Gasteiger partial charge in [0, 0.05) is 0 Å². The molecule has 0 fully saturated rings. The maximum atomic E-state index is 10.4. The van der Waals surface area contributed by atoms with E-state index < -0.39 is 7.12 Å². The smallest absolute Gasteiger partial charge is 0.422 e. The van der Waals surface area contributed by atoms with Gasteiger partial charge < -0.3 is 10.0 Å². The summed E-state index contributed by atoms with van der Waals surface area (Å²) in [6, 6.07) is 3.08. The van der Waals surface area contributed by atoms with Gasteiger partial charge in [0.15, 0.2) is 6.29 Å². The van der Waals surface area contributed by atoms with Gasteiger partial charge in [0.05, 0.1) is 5.59 Å². The van der Waals surface area contributed by atoms with Crippen LogP contribution in [0.2, 0.25) is 0 Å². The van der Waals surface area contributed by atoms with Crippen molar-refractivity contribution in [2.75, 3.05) is 0 Å². The average Bonchev–Trinajstić information content (AvgIpc) is 2.05. The molecule has 0 saturated carbocycles. The van der Waals surface area contributed by atoms with Crippen molar-refractivity contribution in [1.82, 2.24) is 4.98 Å². The van der Waals surface area contributed by atoms with Gasteiger partial charge in [-0.1, -0.05) is 6.07 Å². The molecule has 12 heavy (non-hydrogen) atoms. The second-order valence-electron chi connectivity index (χ2n) is 2.43. The normalized spacial score (nSPS) is 9.58. The number of hydrogen-bond acceptors (Lipinski definition) is 4. The summed E-state index contributed by atoms with van der Waals surface area (Å²) in [5.41, 5.74) is 1.04. The Morgan fingerprint density at radius 2 is 2.17 bits per heavy atom. The van der Waals surface area contributed by atoms with E-state index in [-0.39, 0.29) is 11.3 Å². The molecular formula is C7H8BNO3. The number of aryl methyl sites for hydroxylation is 1. The van der Waals surface area contributed by atoms with E-state index in [1.165, 1.54) is 6.07 Å². The molecule has 1 aromatic heterocycles. The highest BCUT2D eigenvalue weighted by atomic mass is 16.4. The maximum Gasteiger partial charge on any atom is 0.508 e. The van der Waals surface area contributed by atoms with Crippen LogP contribution < -0.4 is 5.59 Å². The molecule has 0 bridgehead atoms. The van der Waals surface area contributed by atoms with Crippen molar-refractivity contribution in [3.8, 4) is 0 Å². The van der Waals surface area contributed by atoms with Gasteiger partial charge >= 0.3 is 7.12 Å². The number of aldehydes is 1. The molecule has 2 N–H and O–H groups in total. The summed E-state index contributed by atoms with van der Waals surface area (Å²) in [5.74, 6) is 0. The first-order valence-corrected chi connectivity index (χ1v) is 3.44. The van der Waals surface area contributed by atoms with Crippen LogP contribution in [0.5, 0.6) is 0 Å². The van der Waals surface area contributed by atoms with Gasteiger partial charge in [-0.15, -0.1) is 0 Å². The van der Waals surface area contributed by atoms with E-state index in [0.29, 0.717) is 6.29 Å². The fourth-order valence-corrected chi connectivity index (χ4v) is 0.823. The van der Waals surface area contributed by atoms with E-state index in [2.05, 4.69) is 4.98 Å². The standard InChI is InChI=1S/C7H8BNO3/c1-5-2-3-7(8(11)12)9-6(5)4-10/h2-4,11-12H,1H3. The molecule has 1 rings (SSSR count). The van der Waals surface area contributed by atoms with Gasteiger partial charge in [0.2, 0.25) is 0 Å². The lowest BCUT2D eigenvalue weighted by atomic mass is 9.85. The van der Waals surface area contributed by atoms with Gasteiger partial charge in [-0.2, -0.15) is 0 Å². The zero-order valence-corrected chi connectivity index (χ0v) is 6.56. The molecule has 0 atom stereocenters. The Labute approximate surface area is 70.0 Å². The van der Waals surface area contributed by atoms with E-state index in [1.807, 2.05) is 0 Å². The van der Waals surface area contributed by atoms with Crippen LogP contribution in [-0.2, 0) is 0 Å². The number of rotatable bonds is 2. The second-order valence-corrected chi connectivity index (χ2v) is 2.43. The van der Waals surface area contributed by atoms with E-state index in [1.54, 1.807) is 13.0 Å². The van der Waals surface area contributed by atoms with Crippen LogP contribution in [-0.4, -0.2) is 28.4 Å². The predicted molar refractivity (Wildman–Crippen MR) is 44.2 cm³/mol. The molecule has 0 amide bonds. The third-order valence-electron chi connectivity index (χ3n) is 1.53. The number of hydrogen-bond donors (Lipinski definition) is 2. The highest BCUT2D eigenvalue weighted by Crippen LogP contribution is 1.97. The lowest BCUT2D eigenvalue weighted by Crippen LogP contribution is -2.33. The third kappa shape index (κ3) is 1.69. The summed E-state index contributed by atoms with van der Waals surface area (Å²) < 4.78 is 0. The first-order valence-electron chi connectivity index (χ1n) is 3.44. The van der Waals surface area contributed by atoms with Crippen LogP contribution in [0.4, 0.5) is 0 Å². The minimum atomic E-state index is -1.62. The zero-order valence-electron chi connectivity index (χ0n) is 6.56. The Hall–Kier alpha value is -1.20. The second kappa shape index (κ2) is 3.47. The van der Waals surface area contributed by atoms with Crippen LogP contribution in [0.15, 0.2) is 12.1 Å². The van der Waals surface area contributed by atoms with Crippen molar-refractivity contribution in [2.45, 2.75) is 6.92 Å². The van der Waals surface area contributed by atoms with Crippen LogP contribution >= 0.6 is 0 Å². The lowest BCUT2D eigenvalue weighted by molar-refractivity contribution is 0.111. The minimum Gasteiger partial charge on any atom is -0.422 e. The van der Waals surface area contributed by atoms with Gasteiger partial charge in [-0.05, 0) is 18.6 Å². The first kappa shape index (κ1) is 8.90.